The Kier molecular flexibility index (Phi) is 2.36. The first-order chi connectivity index (χ1) is 10.7. The van der Waals surface area contributed by atoms with Crippen LogP contribution in [-0.2, 0) is 16.6 Å². The van der Waals surface area contributed by atoms with Crippen molar-refractivity contribution in [3.8, 4) is 11.5 Å². The Bertz CT molecular complexity index is 687. The Morgan fingerprint density at radius 1 is 1.45 bits per heavy atom. The standard InChI is InChI=1S/C17H19NO4/c1-21-13-5-2-9-8-11-10-3-4-12(19)16-17(10,6-7-18(11)20)14(9)15(13)22-16/h2,5,10-11,16,20H,3-4,6-8H2,1H3/t10-,11?,16-,17-/m1/s1. The van der Waals surface area contributed by atoms with E-state index in [1.54, 1.807) is 7.11 Å². The molecule has 1 aromatic carbocycles. The van der Waals surface area contributed by atoms with E-state index in [-0.39, 0.29) is 23.2 Å². The van der Waals surface area contributed by atoms with Gasteiger partial charge in [-0.15, -0.1) is 0 Å². The third-order valence-electron chi connectivity index (χ3n) is 6.28. The fraction of sp³-hybridized carbons (Fsp3) is 0.588. The summed E-state index contributed by atoms with van der Waals surface area (Å²) in [5.41, 5.74) is 2.14. The Labute approximate surface area is 128 Å². The van der Waals surface area contributed by atoms with E-state index in [2.05, 4.69) is 6.07 Å². The van der Waals surface area contributed by atoms with Crippen LogP contribution in [0.5, 0.6) is 11.5 Å². The number of rotatable bonds is 1. The number of methoxy groups -OCH3 is 1. The zero-order chi connectivity index (χ0) is 15.1. The van der Waals surface area contributed by atoms with Gasteiger partial charge < -0.3 is 14.7 Å². The molecule has 0 radical (unpaired) electrons. The number of benzene rings is 1. The van der Waals surface area contributed by atoms with Crippen LogP contribution in [0.25, 0.3) is 0 Å². The van der Waals surface area contributed by atoms with Gasteiger partial charge in [-0.2, -0.15) is 5.06 Å². The summed E-state index contributed by atoms with van der Waals surface area (Å²) in [6, 6.07) is 4.09. The summed E-state index contributed by atoms with van der Waals surface area (Å²) in [7, 11) is 1.64. The minimum absolute atomic E-state index is 0.0970. The Balaban J connectivity index is 1.81. The normalized spacial score (nSPS) is 38.5. The molecular formula is C17H19NO4. The maximum atomic E-state index is 12.6. The molecule has 1 saturated carbocycles. The predicted octanol–water partition coefficient (Wildman–Crippen LogP) is 1.69. The number of ketones is 1. The molecule has 116 valence electrons. The summed E-state index contributed by atoms with van der Waals surface area (Å²) in [6.07, 6.45) is 2.59. The lowest BCUT2D eigenvalue weighted by Gasteiger charge is -2.56. The van der Waals surface area contributed by atoms with E-state index in [0.29, 0.717) is 13.0 Å². The van der Waals surface area contributed by atoms with Crippen LogP contribution < -0.4 is 9.47 Å². The van der Waals surface area contributed by atoms with Gasteiger partial charge in [-0.3, -0.25) is 4.79 Å². The highest BCUT2D eigenvalue weighted by Gasteiger charge is 2.66. The molecule has 0 aromatic heterocycles. The topological polar surface area (TPSA) is 59.0 Å². The minimum atomic E-state index is -0.396. The van der Waals surface area contributed by atoms with Crippen molar-refractivity contribution in [1.29, 1.82) is 0 Å². The Morgan fingerprint density at radius 2 is 2.32 bits per heavy atom. The van der Waals surface area contributed by atoms with Crippen molar-refractivity contribution in [2.45, 2.75) is 43.2 Å². The minimum Gasteiger partial charge on any atom is -0.493 e. The highest BCUT2D eigenvalue weighted by atomic mass is 16.5. The molecule has 2 aliphatic carbocycles. The van der Waals surface area contributed by atoms with E-state index in [4.69, 9.17) is 9.47 Å². The van der Waals surface area contributed by atoms with Gasteiger partial charge in [0.1, 0.15) is 0 Å². The van der Waals surface area contributed by atoms with Crippen molar-refractivity contribution in [3.63, 3.8) is 0 Å². The van der Waals surface area contributed by atoms with E-state index in [9.17, 15) is 10.0 Å². The smallest absolute Gasteiger partial charge is 0.174 e. The molecule has 1 N–H and O–H groups in total. The van der Waals surface area contributed by atoms with Crippen LogP contribution in [0.1, 0.15) is 30.4 Å². The number of hydrogen-bond donors (Lipinski definition) is 1. The van der Waals surface area contributed by atoms with Crippen molar-refractivity contribution in [2.24, 2.45) is 5.92 Å². The molecule has 5 nitrogen and oxygen atoms in total. The number of carbonyl (C=O) groups excluding carboxylic acids is 1. The van der Waals surface area contributed by atoms with Gasteiger partial charge in [0.05, 0.1) is 7.11 Å². The van der Waals surface area contributed by atoms with Gasteiger partial charge in [-0.05, 0) is 36.8 Å². The van der Waals surface area contributed by atoms with Crippen molar-refractivity contribution < 1.29 is 19.5 Å². The third-order valence-corrected chi connectivity index (χ3v) is 6.28. The first-order valence-electron chi connectivity index (χ1n) is 8.02. The van der Waals surface area contributed by atoms with Crippen LogP contribution in [0.3, 0.4) is 0 Å². The van der Waals surface area contributed by atoms with E-state index in [1.165, 1.54) is 16.2 Å². The first-order valence-corrected chi connectivity index (χ1v) is 8.02. The second kappa shape index (κ2) is 4.03. The van der Waals surface area contributed by atoms with Crippen molar-refractivity contribution in [1.82, 2.24) is 5.06 Å². The molecule has 5 rings (SSSR count). The molecular weight excluding hydrogens is 282 g/mol. The SMILES string of the molecule is COc1ccc2c3c1O[C@@H]1C(=O)CC[C@@H]4C(C2)N(O)CC[C@@]314. The molecule has 2 heterocycles. The summed E-state index contributed by atoms with van der Waals surface area (Å²) in [5, 5.41) is 11.8. The zero-order valence-corrected chi connectivity index (χ0v) is 12.5. The van der Waals surface area contributed by atoms with Gasteiger partial charge >= 0.3 is 0 Å². The first kappa shape index (κ1) is 12.9. The lowest BCUT2D eigenvalue weighted by molar-refractivity contribution is -0.195. The van der Waals surface area contributed by atoms with Gasteiger partial charge in [0.2, 0.25) is 0 Å². The highest BCUT2D eigenvalue weighted by Crippen LogP contribution is 2.62. The molecule has 2 fully saturated rings. The summed E-state index contributed by atoms with van der Waals surface area (Å²) in [6.45, 7) is 0.602. The summed E-state index contributed by atoms with van der Waals surface area (Å²) >= 11 is 0. The van der Waals surface area contributed by atoms with Crippen LogP contribution >= 0.6 is 0 Å². The fourth-order valence-corrected chi connectivity index (χ4v) is 5.46. The molecule has 2 aliphatic heterocycles. The molecule has 4 aliphatic rings. The molecule has 22 heavy (non-hydrogen) atoms. The largest absolute Gasteiger partial charge is 0.493 e. The molecule has 1 unspecified atom stereocenters. The fourth-order valence-electron chi connectivity index (χ4n) is 5.46. The number of piperidine rings is 1. The summed E-state index contributed by atoms with van der Waals surface area (Å²) in [4.78, 5) is 12.6. The Morgan fingerprint density at radius 3 is 3.14 bits per heavy atom. The maximum absolute atomic E-state index is 12.6. The molecule has 5 heteroatoms. The van der Waals surface area contributed by atoms with E-state index < -0.39 is 6.10 Å². The molecule has 1 aromatic rings. The number of nitrogens with zero attached hydrogens (tertiary/aromatic N) is 1. The average Bonchev–Trinajstić information content (AvgIpc) is 2.88. The maximum Gasteiger partial charge on any atom is 0.174 e. The second-order valence-electron chi connectivity index (χ2n) is 6.97. The van der Waals surface area contributed by atoms with Gasteiger partial charge in [-0.25, -0.2) is 0 Å². The van der Waals surface area contributed by atoms with Gasteiger partial charge in [-0.1, -0.05) is 6.07 Å². The zero-order valence-electron chi connectivity index (χ0n) is 12.5. The van der Waals surface area contributed by atoms with Crippen LogP contribution in [0.15, 0.2) is 12.1 Å². The van der Waals surface area contributed by atoms with E-state index in [0.717, 1.165) is 30.8 Å². The van der Waals surface area contributed by atoms with Gasteiger partial charge in [0.15, 0.2) is 23.4 Å². The molecule has 4 atom stereocenters. The highest BCUT2D eigenvalue weighted by molar-refractivity contribution is 5.89. The number of Topliss-reactive ketones (excluding diaryl/α,β-unsaturated/α-hetero) is 1. The number of ether oxygens (including phenoxy) is 2. The van der Waals surface area contributed by atoms with Crippen LogP contribution in [0, 0.1) is 5.92 Å². The Hall–Kier alpha value is -1.59. The summed E-state index contributed by atoms with van der Waals surface area (Å²) in [5.74, 6) is 1.98. The predicted molar refractivity (Wildman–Crippen MR) is 77.4 cm³/mol. The molecule has 2 bridgehead atoms. The van der Waals surface area contributed by atoms with Crippen LogP contribution in [0.2, 0.25) is 0 Å². The number of carbonyl (C=O) groups is 1. The van der Waals surface area contributed by atoms with Gasteiger partial charge in [0, 0.05) is 30.0 Å². The van der Waals surface area contributed by atoms with Crippen molar-refractivity contribution >= 4 is 5.78 Å². The molecule has 0 amide bonds. The number of hydroxylamine groups is 2. The second-order valence-corrected chi connectivity index (χ2v) is 6.97. The third kappa shape index (κ3) is 1.27. The monoisotopic (exact) mass is 301 g/mol. The van der Waals surface area contributed by atoms with Gasteiger partial charge in [0.25, 0.3) is 0 Å². The lowest BCUT2D eigenvalue weighted by atomic mass is 9.52. The number of hydrogen-bond acceptors (Lipinski definition) is 5. The van der Waals surface area contributed by atoms with Crippen LogP contribution in [0.4, 0.5) is 0 Å². The summed E-state index contributed by atoms with van der Waals surface area (Å²) < 4.78 is 11.6. The van der Waals surface area contributed by atoms with E-state index >= 15 is 0 Å². The molecule has 1 saturated heterocycles. The van der Waals surface area contributed by atoms with E-state index in [1.807, 2.05) is 6.07 Å². The van der Waals surface area contributed by atoms with Crippen LogP contribution in [-0.4, -0.2) is 41.9 Å². The lowest BCUT2D eigenvalue weighted by Crippen LogP contribution is -2.65. The average molecular weight is 301 g/mol. The quantitative estimate of drug-likeness (QED) is 0.855. The van der Waals surface area contributed by atoms with Crippen molar-refractivity contribution in [2.75, 3.05) is 13.7 Å². The van der Waals surface area contributed by atoms with Crippen molar-refractivity contribution in [3.05, 3.63) is 23.3 Å². The molecule has 1 spiro atoms.